The second-order valence-electron chi connectivity index (χ2n) is 5.71. The summed E-state index contributed by atoms with van der Waals surface area (Å²) in [4.78, 5) is 25.0. The van der Waals surface area contributed by atoms with Gasteiger partial charge in [-0.05, 0) is 28.1 Å². The molecule has 0 bridgehead atoms. The third-order valence-corrected chi connectivity index (χ3v) is 5.46. The third-order valence-electron chi connectivity index (χ3n) is 4.82. The quantitative estimate of drug-likeness (QED) is 0.495. The molecule has 1 aliphatic carbocycles. The summed E-state index contributed by atoms with van der Waals surface area (Å²) < 4.78 is 2.42. The van der Waals surface area contributed by atoms with E-state index in [9.17, 15) is 19.8 Å². The van der Waals surface area contributed by atoms with Gasteiger partial charge in [0.15, 0.2) is 5.72 Å². The smallest absolute Gasteiger partial charge is 0.321 e. The molecule has 21 heavy (non-hydrogen) atoms. The van der Waals surface area contributed by atoms with Gasteiger partial charge < -0.3 is 25.4 Å². The Labute approximate surface area is 127 Å². The Kier molecular flexibility index (Phi) is 2.25. The van der Waals surface area contributed by atoms with Crippen molar-refractivity contribution in [3.63, 3.8) is 0 Å². The van der Waals surface area contributed by atoms with E-state index in [1.807, 2.05) is 0 Å². The highest BCUT2D eigenvalue weighted by molar-refractivity contribution is 9.10. The maximum absolute atomic E-state index is 12.2. The SMILES string of the molecule is CN1C(=O)N[C@@]2(O)C3NC(=O)c4ccc(Br)n4C3C[C@@]12O. The molecule has 0 radical (unpaired) electrons. The van der Waals surface area contributed by atoms with Gasteiger partial charge in [-0.2, -0.15) is 0 Å². The maximum atomic E-state index is 12.2. The Morgan fingerprint density at radius 3 is 2.81 bits per heavy atom. The predicted molar refractivity (Wildman–Crippen MR) is 73.2 cm³/mol. The van der Waals surface area contributed by atoms with E-state index in [2.05, 4.69) is 26.6 Å². The van der Waals surface area contributed by atoms with E-state index in [-0.39, 0.29) is 18.4 Å². The van der Waals surface area contributed by atoms with E-state index in [1.165, 1.54) is 7.05 Å². The Balaban J connectivity index is 1.89. The van der Waals surface area contributed by atoms with E-state index in [1.54, 1.807) is 16.7 Å². The van der Waals surface area contributed by atoms with Crippen molar-refractivity contribution in [1.82, 2.24) is 20.1 Å². The number of amides is 3. The first-order chi connectivity index (χ1) is 9.79. The zero-order valence-electron chi connectivity index (χ0n) is 11.0. The molecule has 1 saturated carbocycles. The number of hydrogen-bond acceptors (Lipinski definition) is 4. The molecule has 112 valence electrons. The van der Waals surface area contributed by atoms with Crippen LogP contribution in [-0.4, -0.2) is 56.2 Å². The number of aliphatic hydroxyl groups is 2. The zero-order valence-corrected chi connectivity index (χ0v) is 12.6. The van der Waals surface area contributed by atoms with Crippen LogP contribution in [0.15, 0.2) is 16.7 Å². The number of nitrogens with one attached hydrogen (secondary N) is 2. The van der Waals surface area contributed by atoms with Crippen molar-refractivity contribution in [2.75, 3.05) is 7.05 Å². The minimum Gasteiger partial charge on any atom is -0.366 e. The number of nitrogens with zero attached hydrogens (tertiary/aromatic N) is 2. The van der Waals surface area contributed by atoms with Gasteiger partial charge in [0.1, 0.15) is 11.7 Å². The van der Waals surface area contributed by atoms with Crippen molar-refractivity contribution >= 4 is 27.9 Å². The van der Waals surface area contributed by atoms with Gasteiger partial charge in [0, 0.05) is 13.5 Å². The number of aromatic nitrogens is 1. The van der Waals surface area contributed by atoms with Crippen LogP contribution in [-0.2, 0) is 0 Å². The molecule has 2 unspecified atom stereocenters. The molecule has 4 N–H and O–H groups in total. The lowest BCUT2D eigenvalue weighted by Gasteiger charge is -2.37. The molecular formula is C12H13BrN4O4. The summed E-state index contributed by atoms with van der Waals surface area (Å²) in [7, 11) is 1.41. The third kappa shape index (κ3) is 1.27. The predicted octanol–water partition coefficient (Wildman–Crippen LogP) is -0.660. The van der Waals surface area contributed by atoms with E-state index in [0.717, 1.165) is 4.90 Å². The number of hydrogen-bond donors (Lipinski definition) is 4. The fraction of sp³-hybridized carbons (Fsp3) is 0.500. The normalized spacial score (nSPS) is 40.5. The van der Waals surface area contributed by atoms with E-state index in [0.29, 0.717) is 10.3 Å². The topological polar surface area (TPSA) is 107 Å². The highest BCUT2D eigenvalue weighted by Crippen LogP contribution is 2.51. The second-order valence-corrected chi connectivity index (χ2v) is 6.52. The lowest BCUT2D eigenvalue weighted by atomic mass is 10.0. The molecule has 3 heterocycles. The van der Waals surface area contributed by atoms with Gasteiger partial charge in [-0.3, -0.25) is 9.69 Å². The van der Waals surface area contributed by atoms with Crippen LogP contribution in [0.2, 0.25) is 0 Å². The number of carbonyl (C=O) groups is 2. The molecule has 3 aliphatic rings. The standard InChI is InChI=1S/C12H13BrN4O4/c1-16-10(19)15-12(21)8-6(4-11(12,16)20)17-5(9(18)14-8)2-3-7(17)13/h2-3,6,8,20-21H,4H2,1H3,(H,14,18)(H,15,19)/t6?,8?,11-,12+/m0/s1. The average molecular weight is 357 g/mol. The fourth-order valence-electron chi connectivity index (χ4n) is 3.68. The molecule has 0 spiro atoms. The number of fused-ring (bicyclic) bond motifs is 5. The van der Waals surface area contributed by atoms with Crippen LogP contribution >= 0.6 is 15.9 Å². The van der Waals surface area contributed by atoms with Crippen LogP contribution in [0.3, 0.4) is 0 Å². The molecule has 1 aromatic heterocycles. The fourth-order valence-corrected chi connectivity index (χ4v) is 4.27. The van der Waals surface area contributed by atoms with Crippen LogP contribution < -0.4 is 10.6 Å². The number of rotatable bonds is 0. The first-order valence-electron chi connectivity index (χ1n) is 6.48. The monoisotopic (exact) mass is 356 g/mol. The Hall–Kier alpha value is -1.58. The van der Waals surface area contributed by atoms with E-state index in [4.69, 9.17) is 0 Å². The number of carbonyl (C=O) groups excluding carboxylic acids is 2. The Bertz CT molecular complexity index is 691. The molecule has 4 atom stereocenters. The van der Waals surface area contributed by atoms with Crippen molar-refractivity contribution in [2.45, 2.75) is 30.0 Å². The summed E-state index contributed by atoms with van der Waals surface area (Å²) in [5, 5.41) is 26.7. The number of likely N-dealkylation sites (N-methyl/N-ethyl adjacent to an activating group) is 1. The molecule has 2 fully saturated rings. The van der Waals surface area contributed by atoms with Gasteiger partial charge in [-0.1, -0.05) is 0 Å². The summed E-state index contributed by atoms with van der Waals surface area (Å²) >= 11 is 3.38. The van der Waals surface area contributed by atoms with Crippen LogP contribution in [0.4, 0.5) is 4.79 Å². The van der Waals surface area contributed by atoms with Crippen molar-refractivity contribution < 1.29 is 19.8 Å². The summed E-state index contributed by atoms with van der Waals surface area (Å²) in [6, 6.07) is 1.63. The number of urea groups is 1. The second kappa shape index (κ2) is 3.60. The number of halogens is 1. The summed E-state index contributed by atoms with van der Waals surface area (Å²) in [6.45, 7) is 0. The molecular weight excluding hydrogens is 344 g/mol. The minimum atomic E-state index is -1.93. The molecule has 8 nitrogen and oxygen atoms in total. The maximum Gasteiger partial charge on any atom is 0.321 e. The Morgan fingerprint density at radius 2 is 2.10 bits per heavy atom. The van der Waals surface area contributed by atoms with Crippen molar-refractivity contribution in [2.24, 2.45) is 0 Å². The van der Waals surface area contributed by atoms with Gasteiger partial charge in [0.2, 0.25) is 5.72 Å². The van der Waals surface area contributed by atoms with Crippen molar-refractivity contribution in [1.29, 1.82) is 0 Å². The first-order valence-corrected chi connectivity index (χ1v) is 7.27. The summed E-state index contributed by atoms with van der Waals surface area (Å²) in [5.41, 5.74) is -3.26. The lowest BCUT2D eigenvalue weighted by molar-refractivity contribution is -0.178. The highest BCUT2D eigenvalue weighted by Gasteiger charge is 2.73. The van der Waals surface area contributed by atoms with Gasteiger partial charge >= 0.3 is 6.03 Å². The van der Waals surface area contributed by atoms with E-state index < -0.39 is 23.5 Å². The average Bonchev–Trinajstić information content (AvgIpc) is 2.95. The van der Waals surface area contributed by atoms with Crippen LogP contribution in [0.1, 0.15) is 23.0 Å². The highest BCUT2D eigenvalue weighted by atomic mass is 79.9. The van der Waals surface area contributed by atoms with Crippen molar-refractivity contribution in [3.05, 3.63) is 22.4 Å². The van der Waals surface area contributed by atoms with Crippen molar-refractivity contribution in [3.8, 4) is 0 Å². The van der Waals surface area contributed by atoms with Crippen LogP contribution in [0, 0.1) is 0 Å². The molecule has 9 heteroatoms. The molecule has 0 aromatic carbocycles. The van der Waals surface area contributed by atoms with E-state index >= 15 is 0 Å². The van der Waals surface area contributed by atoms with Crippen LogP contribution in [0.5, 0.6) is 0 Å². The lowest BCUT2D eigenvalue weighted by Crippen LogP contribution is -2.67. The molecule has 1 aromatic rings. The van der Waals surface area contributed by atoms with Gasteiger partial charge in [-0.15, -0.1) is 0 Å². The van der Waals surface area contributed by atoms with Gasteiger partial charge in [-0.25, -0.2) is 4.79 Å². The zero-order chi connectivity index (χ0) is 15.2. The minimum absolute atomic E-state index is 0.101. The molecule has 1 saturated heterocycles. The Morgan fingerprint density at radius 1 is 1.38 bits per heavy atom. The largest absolute Gasteiger partial charge is 0.366 e. The summed E-state index contributed by atoms with van der Waals surface area (Å²) in [5.74, 6) is -0.358. The van der Waals surface area contributed by atoms with Gasteiger partial charge in [0.05, 0.1) is 10.6 Å². The molecule has 2 aliphatic heterocycles. The molecule has 4 rings (SSSR count). The summed E-state index contributed by atoms with van der Waals surface area (Å²) in [6.07, 6.45) is 0.101. The van der Waals surface area contributed by atoms with Crippen LogP contribution in [0.25, 0.3) is 0 Å². The van der Waals surface area contributed by atoms with Gasteiger partial charge in [0.25, 0.3) is 5.91 Å². The molecule has 3 amide bonds. The first kappa shape index (κ1) is 13.1.